The molecule has 130 valence electrons. The lowest BCUT2D eigenvalue weighted by atomic mass is 9.94. The van der Waals surface area contributed by atoms with Crippen LogP contribution in [-0.4, -0.2) is 25.8 Å². The van der Waals surface area contributed by atoms with Gasteiger partial charge in [0.25, 0.3) is 0 Å². The Kier molecular flexibility index (Phi) is 3.37. The zero-order chi connectivity index (χ0) is 17.0. The molecule has 0 amide bonds. The molecule has 1 aliphatic heterocycles. The first kappa shape index (κ1) is 15.0. The van der Waals surface area contributed by atoms with Crippen molar-refractivity contribution in [1.29, 1.82) is 0 Å². The van der Waals surface area contributed by atoms with Crippen LogP contribution in [0.15, 0.2) is 24.5 Å². The summed E-state index contributed by atoms with van der Waals surface area (Å²) in [5, 5.41) is 9.09. The summed E-state index contributed by atoms with van der Waals surface area (Å²) in [5.41, 5.74) is 4.77. The third-order valence-electron chi connectivity index (χ3n) is 5.90. The van der Waals surface area contributed by atoms with E-state index in [2.05, 4.69) is 45.8 Å². The monoisotopic (exact) mass is 335 g/mol. The van der Waals surface area contributed by atoms with Gasteiger partial charge in [0, 0.05) is 35.7 Å². The zero-order valence-corrected chi connectivity index (χ0v) is 15.0. The van der Waals surface area contributed by atoms with Gasteiger partial charge in [-0.1, -0.05) is 19.3 Å². The molecule has 0 atom stereocenters. The standard InChI is InChI=1S/C20H25N5/c1-13(2)24-11-9-15-17(24)12-25(14-6-4-3-5-7-14)20-18-16(8-10-21-20)22-23-19(15)18/h8-11,13-14H,3-7,12H2,1-2H3,(H,22,23). The molecular weight excluding hydrogens is 310 g/mol. The van der Waals surface area contributed by atoms with Gasteiger partial charge in [-0.05, 0) is 38.8 Å². The molecule has 0 saturated heterocycles. The van der Waals surface area contributed by atoms with Crippen LogP contribution in [0.2, 0.25) is 0 Å². The predicted octanol–water partition coefficient (Wildman–Crippen LogP) is 4.66. The van der Waals surface area contributed by atoms with Crippen molar-refractivity contribution in [3.63, 3.8) is 0 Å². The van der Waals surface area contributed by atoms with E-state index in [9.17, 15) is 0 Å². The van der Waals surface area contributed by atoms with Gasteiger partial charge in [-0.15, -0.1) is 0 Å². The molecular formula is C20H25N5. The summed E-state index contributed by atoms with van der Waals surface area (Å²) >= 11 is 0. The minimum atomic E-state index is 0.445. The number of pyridine rings is 1. The van der Waals surface area contributed by atoms with Crippen LogP contribution >= 0.6 is 0 Å². The highest BCUT2D eigenvalue weighted by Crippen LogP contribution is 2.42. The molecule has 0 aromatic carbocycles. The molecule has 5 nitrogen and oxygen atoms in total. The summed E-state index contributed by atoms with van der Waals surface area (Å²) in [4.78, 5) is 7.38. The number of nitrogens with zero attached hydrogens (tertiary/aromatic N) is 4. The summed E-state index contributed by atoms with van der Waals surface area (Å²) in [6, 6.07) is 5.29. The van der Waals surface area contributed by atoms with E-state index in [-0.39, 0.29) is 0 Å². The van der Waals surface area contributed by atoms with Crippen molar-refractivity contribution in [2.75, 3.05) is 4.90 Å². The molecule has 5 heteroatoms. The number of hydrogen-bond donors (Lipinski definition) is 1. The van der Waals surface area contributed by atoms with Gasteiger partial charge in [0.05, 0.1) is 17.4 Å². The number of H-pyrrole nitrogens is 1. The lowest BCUT2D eigenvalue weighted by Crippen LogP contribution is -2.37. The molecule has 1 aliphatic carbocycles. The Hall–Kier alpha value is -2.30. The topological polar surface area (TPSA) is 49.7 Å². The van der Waals surface area contributed by atoms with Crippen LogP contribution in [0, 0.1) is 0 Å². The third-order valence-corrected chi connectivity index (χ3v) is 5.90. The highest BCUT2D eigenvalue weighted by atomic mass is 15.2. The Morgan fingerprint density at radius 1 is 1.16 bits per heavy atom. The van der Waals surface area contributed by atoms with Crippen molar-refractivity contribution in [1.82, 2.24) is 19.7 Å². The maximum Gasteiger partial charge on any atom is 0.140 e. The normalized spacial score (nSPS) is 18.0. The zero-order valence-electron chi connectivity index (χ0n) is 15.0. The second-order valence-corrected chi connectivity index (χ2v) is 7.73. The van der Waals surface area contributed by atoms with Crippen LogP contribution in [0.5, 0.6) is 0 Å². The smallest absolute Gasteiger partial charge is 0.140 e. The van der Waals surface area contributed by atoms with Gasteiger partial charge in [-0.3, -0.25) is 5.10 Å². The van der Waals surface area contributed by atoms with E-state index in [0.29, 0.717) is 12.1 Å². The van der Waals surface area contributed by atoms with Crippen LogP contribution in [0.25, 0.3) is 22.2 Å². The molecule has 25 heavy (non-hydrogen) atoms. The summed E-state index contributed by atoms with van der Waals surface area (Å²) in [7, 11) is 0. The van der Waals surface area contributed by atoms with Gasteiger partial charge < -0.3 is 9.47 Å². The predicted molar refractivity (Wildman–Crippen MR) is 101 cm³/mol. The Labute approximate surface area is 148 Å². The molecule has 0 radical (unpaired) electrons. The number of nitrogens with one attached hydrogen (secondary N) is 1. The van der Waals surface area contributed by atoms with Gasteiger partial charge in [-0.2, -0.15) is 5.10 Å². The first-order valence-corrected chi connectivity index (χ1v) is 9.54. The van der Waals surface area contributed by atoms with Crippen molar-refractivity contribution in [2.24, 2.45) is 0 Å². The van der Waals surface area contributed by atoms with Crippen molar-refractivity contribution < 1.29 is 0 Å². The van der Waals surface area contributed by atoms with E-state index >= 15 is 0 Å². The quantitative estimate of drug-likeness (QED) is 0.741. The summed E-state index contributed by atoms with van der Waals surface area (Å²) in [6.07, 6.45) is 10.7. The van der Waals surface area contributed by atoms with Crippen LogP contribution in [0.4, 0.5) is 5.82 Å². The van der Waals surface area contributed by atoms with E-state index in [1.807, 2.05) is 12.3 Å². The highest BCUT2D eigenvalue weighted by Gasteiger charge is 2.31. The van der Waals surface area contributed by atoms with Gasteiger partial charge in [0.1, 0.15) is 11.5 Å². The molecule has 5 rings (SSSR count). The molecule has 3 aromatic rings. The van der Waals surface area contributed by atoms with E-state index in [1.165, 1.54) is 48.7 Å². The number of anilines is 1. The van der Waals surface area contributed by atoms with Gasteiger partial charge in [0.2, 0.25) is 0 Å². The van der Waals surface area contributed by atoms with Crippen molar-refractivity contribution >= 4 is 16.7 Å². The molecule has 3 aromatic heterocycles. The lowest BCUT2D eigenvalue weighted by molar-refractivity contribution is 0.408. The maximum absolute atomic E-state index is 4.82. The molecule has 1 saturated carbocycles. The van der Waals surface area contributed by atoms with Gasteiger partial charge in [-0.25, -0.2) is 4.98 Å². The SMILES string of the molecule is CC(C)n1ccc2c1CN(C1CCCCC1)c1nccc3[nH]nc-2c13. The fourth-order valence-corrected chi connectivity index (χ4v) is 4.64. The summed E-state index contributed by atoms with van der Waals surface area (Å²) in [6.45, 7) is 5.43. The fraction of sp³-hybridized carbons (Fsp3) is 0.500. The van der Waals surface area contributed by atoms with Crippen LogP contribution in [0.3, 0.4) is 0 Å². The van der Waals surface area contributed by atoms with E-state index in [1.54, 1.807) is 0 Å². The molecule has 4 heterocycles. The number of hydrogen-bond acceptors (Lipinski definition) is 3. The first-order chi connectivity index (χ1) is 12.2. The van der Waals surface area contributed by atoms with Crippen molar-refractivity contribution in [3.8, 4) is 11.3 Å². The lowest BCUT2D eigenvalue weighted by Gasteiger charge is -2.35. The fourth-order valence-electron chi connectivity index (χ4n) is 4.64. The minimum absolute atomic E-state index is 0.445. The van der Waals surface area contributed by atoms with Crippen molar-refractivity contribution in [3.05, 3.63) is 30.2 Å². The second kappa shape index (κ2) is 5.61. The number of rotatable bonds is 2. The summed E-state index contributed by atoms with van der Waals surface area (Å²) < 4.78 is 2.40. The Bertz CT molecular complexity index is 913. The highest BCUT2D eigenvalue weighted by molar-refractivity contribution is 6.02. The third kappa shape index (κ3) is 2.21. The molecule has 2 aliphatic rings. The first-order valence-electron chi connectivity index (χ1n) is 9.54. The van der Waals surface area contributed by atoms with Gasteiger partial charge in [0.15, 0.2) is 0 Å². The molecule has 0 bridgehead atoms. The number of aromatic nitrogens is 4. The molecule has 0 spiro atoms. The van der Waals surface area contributed by atoms with E-state index in [4.69, 9.17) is 4.98 Å². The van der Waals surface area contributed by atoms with E-state index in [0.717, 1.165) is 23.6 Å². The number of aromatic amines is 1. The Balaban J connectivity index is 1.75. The number of fused-ring (bicyclic) bond motifs is 2. The van der Waals surface area contributed by atoms with Crippen LogP contribution < -0.4 is 4.90 Å². The largest absolute Gasteiger partial charge is 0.347 e. The average Bonchev–Trinajstić information content (AvgIpc) is 3.20. The van der Waals surface area contributed by atoms with Crippen LogP contribution in [-0.2, 0) is 6.54 Å². The Morgan fingerprint density at radius 2 is 2.00 bits per heavy atom. The van der Waals surface area contributed by atoms with Gasteiger partial charge >= 0.3 is 0 Å². The summed E-state index contributed by atoms with van der Waals surface area (Å²) in [5.74, 6) is 1.11. The molecule has 1 N–H and O–H groups in total. The van der Waals surface area contributed by atoms with E-state index < -0.39 is 0 Å². The van der Waals surface area contributed by atoms with Crippen LogP contribution in [0.1, 0.15) is 57.7 Å². The van der Waals surface area contributed by atoms with Crippen molar-refractivity contribution in [2.45, 2.75) is 64.6 Å². The molecule has 1 fully saturated rings. The Morgan fingerprint density at radius 3 is 2.80 bits per heavy atom. The average molecular weight is 335 g/mol. The molecule has 0 unspecified atom stereocenters. The second-order valence-electron chi connectivity index (χ2n) is 7.73. The minimum Gasteiger partial charge on any atom is -0.347 e. The maximum atomic E-state index is 4.82.